The summed E-state index contributed by atoms with van der Waals surface area (Å²) in [6, 6.07) is 21.0. The van der Waals surface area contributed by atoms with Crippen LogP contribution in [0.2, 0.25) is 0 Å². The minimum absolute atomic E-state index is 0.234. The van der Waals surface area contributed by atoms with Crippen molar-refractivity contribution in [3.8, 4) is 11.5 Å². The van der Waals surface area contributed by atoms with Crippen LogP contribution in [0.5, 0.6) is 11.5 Å². The van der Waals surface area contributed by atoms with Gasteiger partial charge >= 0.3 is 11.8 Å². The van der Waals surface area contributed by atoms with E-state index in [9.17, 15) is 14.4 Å². The Morgan fingerprint density at radius 3 is 2.20 bits per heavy atom. The molecular formula is C26H26N4O5. The molecule has 9 heteroatoms. The monoisotopic (exact) mass is 474 g/mol. The molecule has 0 aromatic heterocycles. The van der Waals surface area contributed by atoms with Gasteiger partial charge in [0.05, 0.1) is 13.3 Å². The van der Waals surface area contributed by atoms with E-state index in [0.717, 1.165) is 12.0 Å². The molecule has 0 atom stereocenters. The molecule has 0 unspecified atom stereocenters. The maximum Gasteiger partial charge on any atom is 0.329 e. The summed E-state index contributed by atoms with van der Waals surface area (Å²) in [7, 11) is 1.56. The number of amides is 3. The fraction of sp³-hybridized carbons (Fsp3) is 0.154. The Bertz CT molecular complexity index is 1190. The van der Waals surface area contributed by atoms with Crippen molar-refractivity contribution in [2.45, 2.75) is 13.3 Å². The van der Waals surface area contributed by atoms with Gasteiger partial charge in [-0.2, -0.15) is 5.10 Å². The van der Waals surface area contributed by atoms with Crippen LogP contribution in [0.25, 0.3) is 0 Å². The Labute approximate surface area is 203 Å². The molecule has 3 aromatic rings. The highest BCUT2D eigenvalue weighted by atomic mass is 16.5. The van der Waals surface area contributed by atoms with Crippen molar-refractivity contribution >= 4 is 35.3 Å². The van der Waals surface area contributed by atoms with Gasteiger partial charge in [0.25, 0.3) is 5.91 Å². The van der Waals surface area contributed by atoms with Crippen molar-refractivity contribution in [1.82, 2.24) is 5.43 Å². The fourth-order valence-corrected chi connectivity index (χ4v) is 2.96. The Morgan fingerprint density at radius 1 is 0.857 bits per heavy atom. The number of aryl methyl sites for hydroxylation is 1. The van der Waals surface area contributed by atoms with Gasteiger partial charge in [-0.3, -0.25) is 14.4 Å². The predicted octanol–water partition coefficient (Wildman–Crippen LogP) is 3.36. The van der Waals surface area contributed by atoms with Gasteiger partial charge in [-0.1, -0.05) is 31.2 Å². The number of para-hydroxylation sites is 1. The molecule has 180 valence electrons. The topological polar surface area (TPSA) is 118 Å². The first-order chi connectivity index (χ1) is 17.0. The third-order valence-electron chi connectivity index (χ3n) is 4.85. The molecule has 3 rings (SSSR count). The van der Waals surface area contributed by atoms with E-state index >= 15 is 0 Å². The number of hydrazone groups is 1. The van der Waals surface area contributed by atoms with Crippen LogP contribution < -0.4 is 25.5 Å². The molecule has 0 aliphatic rings. The van der Waals surface area contributed by atoms with Crippen molar-refractivity contribution in [3.05, 3.63) is 83.9 Å². The second kappa shape index (κ2) is 12.5. The molecule has 3 aromatic carbocycles. The van der Waals surface area contributed by atoms with E-state index in [4.69, 9.17) is 9.47 Å². The molecule has 0 aliphatic heterocycles. The summed E-state index contributed by atoms with van der Waals surface area (Å²) in [6.45, 7) is 1.79. The van der Waals surface area contributed by atoms with Crippen LogP contribution in [0.1, 0.15) is 18.1 Å². The minimum Gasteiger partial charge on any atom is -0.497 e. The van der Waals surface area contributed by atoms with Crippen molar-refractivity contribution in [2.75, 3.05) is 24.4 Å². The minimum atomic E-state index is -0.918. The summed E-state index contributed by atoms with van der Waals surface area (Å²) in [5.74, 6) is -1.04. The molecule has 0 aliphatic carbocycles. The average Bonchev–Trinajstić information content (AvgIpc) is 2.89. The zero-order chi connectivity index (χ0) is 25.0. The summed E-state index contributed by atoms with van der Waals surface area (Å²) < 4.78 is 10.7. The van der Waals surface area contributed by atoms with Gasteiger partial charge in [0, 0.05) is 16.9 Å². The number of hydrogen-bond acceptors (Lipinski definition) is 6. The first kappa shape index (κ1) is 25.0. The Balaban J connectivity index is 1.51. The molecule has 0 saturated heterocycles. The third kappa shape index (κ3) is 7.71. The van der Waals surface area contributed by atoms with E-state index in [1.165, 1.54) is 6.21 Å². The molecule has 0 heterocycles. The normalized spacial score (nSPS) is 10.5. The zero-order valence-corrected chi connectivity index (χ0v) is 19.4. The largest absolute Gasteiger partial charge is 0.497 e. The number of carbonyl (C=O) groups excluding carboxylic acids is 3. The molecule has 9 nitrogen and oxygen atoms in total. The Morgan fingerprint density at radius 2 is 1.51 bits per heavy atom. The Hall–Kier alpha value is -4.66. The molecule has 3 N–H and O–H groups in total. The lowest BCUT2D eigenvalue weighted by Crippen LogP contribution is -2.32. The number of rotatable bonds is 9. The first-order valence-electron chi connectivity index (χ1n) is 10.9. The molecular weight excluding hydrogens is 448 g/mol. The lowest BCUT2D eigenvalue weighted by molar-refractivity contribution is -0.136. The van der Waals surface area contributed by atoms with Crippen molar-refractivity contribution in [3.63, 3.8) is 0 Å². The van der Waals surface area contributed by atoms with Gasteiger partial charge in [0.15, 0.2) is 6.61 Å². The second-order valence-corrected chi connectivity index (χ2v) is 7.31. The highest BCUT2D eigenvalue weighted by molar-refractivity contribution is 6.39. The Kier molecular flexibility index (Phi) is 8.95. The summed E-state index contributed by atoms with van der Waals surface area (Å²) in [5.41, 5.74) is 4.94. The number of ether oxygens (including phenoxy) is 2. The molecule has 0 bridgehead atoms. The molecule has 0 radical (unpaired) electrons. The highest BCUT2D eigenvalue weighted by Gasteiger charge is 2.13. The van der Waals surface area contributed by atoms with Gasteiger partial charge < -0.3 is 20.1 Å². The van der Waals surface area contributed by atoms with Crippen LogP contribution in [-0.2, 0) is 20.8 Å². The first-order valence-corrected chi connectivity index (χ1v) is 10.9. The molecule has 0 saturated carbocycles. The smallest absolute Gasteiger partial charge is 0.329 e. The lowest BCUT2D eigenvalue weighted by Gasteiger charge is -2.10. The maximum absolute atomic E-state index is 12.2. The van der Waals surface area contributed by atoms with Crippen LogP contribution in [0.3, 0.4) is 0 Å². The van der Waals surface area contributed by atoms with Gasteiger partial charge in [0.1, 0.15) is 11.5 Å². The van der Waals surface area contributed by atoms with Crippen molar-refractivity contribution in [1.29, 1.82) is 0 Å². The van der Waals surface area contributed by atoms with E-state index in [0.29, 0.717) is 28.4 Å². The van der Waals surface area contributed by atoms with Gasteiger partial charge in [-0.05, 0) is 60.5 Å². The summed E-state index contributed by atoms with van der Waals surface area (Å²) >= 11 is 0. The van der Waals surface area contributed by atoms with E-state index in [-0.39, 0.29) is 12.5 Å². The average molecular weight is 475 g/mol. The number of hydrogen-bond donors (Lipinski definition) is 3. The number of anilines is 2. The van der Waals surface area contributed by atoms with Gasteiger partial charge in [-0.25, -0.2) is 5.43 Å². The van der Waals surface area contributed by atoms with Crippen molar-refractivity contribution < 1.29 is 23.9 Å². The maximum atomic E-state index is 12.2. The van der Waals surface area contributed by atoms with Crippen molar-refractivity contribution in [2.24, 2.45) is 5.10 Å². The molecule has 0 fully saturated rings. The number of carbonyl (C=O) groups is 3. The van der Waals surface area contributed by atoms with Crippen LogP contribution in [0, 0.1) is 0 Å². The fourth-order valence-electron chi connectivity index (χ4n) is 2.96. The van der Waals surface area contributed by atoms with E-state index in [1.54, 1.807) is 67.8 Å². The predicted molar refractivity (Wildman–Crippen MR) is 134 cm³/mol. The van der Waals surface area contributed by atoms with Gasteiger partial charge in [-0.15, -0.1) is 0 Å². The second-order valence-electron chi connectivity index (χ2n) is 7.31. The summed E-state index contributed by atoms with van der Waals surface area (Å²) in [4.78, 5) is 36.3. The quantitative estimate of drug-likeness (QED) is 0.250. The summed E-state index contributed by atoms with van der Waals surface area (Å²) in [6.07, 6.45) is 2.21. The number of methoxy groups -OCH3 is 1. The summed E-state index contributed by atoms with van der Waals surface area (Å²) in [5, 5.41) is 9.06. The van der Waals surface area contributed by atoms with Crippen LogP contribution in [0.4, 0.5) is 11.4 Å². The number of nitrogens with one attached hydrogen (secondary N) is 3. The molecule has 35 heavy (non-hydrogen) atoms. The van der Waals surface area contributed by atoms with E-state index in [2.05, 4.69) is 21.2 Å². The van der Waals surface area contributed by atoms with Crippen LogP contribution >= 0.6 is 0 Å². The number of benzene rings is 3. The van der Waals surface area contributed by atoms with E-state index in [1.807, 2.05) is 19.1 Å². The van der Waals surface area contributed by atoms with Crippen LogP contribution in [-0.4, -0.2) is 37.7 Å². The van der Waals surface area contributed by atoms with E-state index < -0.39 is 11.8 Å². The molecule has 3 amide bonds. The zero-order valence-electron chi connectivity index (χ0n) is 19.4. The van der Waals surface area contributed by atoms with Crippen LogP contribution in [0.15, 0.2) is 77.9 Å². The highest BCUT2D eigenvalue weighted by Crippen LogP contribution is 2.17. The number of nitrogens with zero attached hydrogens (tertiary/aromatic N) is 1. The third-order valence-corrected chi connectivity index (χ3v) is 4.85. The van der Waals surface area contributed by atoms with Gasteiger partial charge in [0.2, 0.25) is 0 Å². The SMILES string of the molecule is CCc1ccc(NC(=O)C(=O)N/N=C\c2ccccc2OCC(=O)Nc2ccc(OC)cc2)cc1. The standard InChI is InChI=1S/C26H26N4O5/c1-3-18-8-10-21(11-9-18)29-25(32)26(33)30-27-16-19-6-4-5-7-23(19)35-17-24(31)28-20-12-14-22(34-2)15-13-20/h4-16H,3,17H2,1-2H3,(H,28,31)(H,29,32)(H,30,33)/b27-16-. The molecule has 0 spiro atoms. The lowest BCUT2D eigenvalue weighted by atomic mass is 10.1.